The Bertz CT molecular complexity index is 1170. The first-order chi connectivity index (χ1) is 15.6. The van der Waals surface area contributed by atoms with Gasteiger partial charge in [-0.05, 0) is 47.9 Å². The Balaban J connectivity index is 1.23. The van der Waals surface area contributed by atoms with Crippen LogP contribution in [0.3, 0.4) is 0 Å². The lowest BCUT2D eigenvalue weighted by atomic mass is 9.87. The summed E-state index contributed by atoms with van der Waals surface area (Å²) in [6.07, 6.45) is 9.54. The smallest absolute Gasteiger partial charge is 0.246 e. The average molecular weight is 422 g/mol. The lowest BCUT2D eigenvalue weighted by molar-refractivity contribution is -0.128. The first-order valence-corrected chi connectivity index (χ1v) is 11.2. The summed E-state index contributed by atoms with van der Waals surface area (Å²) in [5, 5.41) is 0. The summed E-state index contributed by atoms with van der Waals surface area (Å²) < 4.78 is 6.48. The molecule has 160 valence electrons. The van der Waals surface area contributed by atoms with Gasteiger partial charge in [-0.25, -0.2) is 0 Å². The molecule has 0 bridgehead atoms. The predicted octanol–water partition coefficient (Wildman–Crippen LogP) is 6.14. The van der Waals surface area contributed by atoms with Crippen LogP contribution in [0.15, 0.2) is 84.9 Å². The summed E-state index contributed by atoms with van der Waals surface area (Å²) in [5.74, 6) is 0.986. The Hall–Kier alpha value is -3.59. The van der Waals surface area contributed by atoms with Crippen molar-refractivity contribution in [3.05, 3.63) is 102 Å². The minimum Gasteiger partial charge on any atom is -0.482 e. The largest absolute Gasteiger partial charge is 0.482 e. The maximum atomic E-state index is 12.7. The maximum Gasteiger partial charge on any atom is 0.246 e. The van der Waals surface area contributed by atoms with Crippen molar-refractivity contribution < 1.29 is 9.53 Å². The van der Waals surface area contributed by atoms with E-state index in [4.69, 9.17) is 4.74 Å². The van der Waals surface area contributed by atoms with Gasteiger partial charge in [0.1, 0.15) is 11.4 Å². The van der Waals surface area contributed by atoms with Crippen LogP contribution in [0.4, 0.5) is 0 Å². The van der Waals surface area contributed by atoms with Gasteiger partial charge in [-0.1, -0.05) is 72.3 Å². The van der Waals surface area contributed by atoms with Crippen LogP contribution in [0.5, 0.6) is 5.75 Å². The Kier molecular flexibility index (Phi) is 5.40. The number of hydrogen-bond acceptors (Lipinski definition) is 2. The molecule has 0 radical (unpaired) electrons. The lowest BCUT2D eigenvalue weighted by Gasteiger charge is -2.41. The van der Waals surface area contributed by atoms with Gasteiger partial charge in [0.2, 0.25) is 5.91 Å². The lowest BCUT2D eigenvalue weighted by Crippen LogP contribution is -2.49. The molecule has 3 heteroatoms. The fraction of sp³-hybridized carbons (Fsp3) is 0.207. The number of benzene rings is 3. The second-order valence-corrected chi connectivity index (χ2v) is 8.69. The molecule has 0 aliphatic carbocycles. The maximum absolute atomic E-state index is 12.7. The third-order valence-electron chi connectivity index (χ3n) is 6.41. The molecule has 1 fully saturated rings. The van der Waals surface area contributed by atoms with Crippen LogP contribution >= 0.6 is 0 Å². The van der Waals surface area contributed by atoms with E-state index in [1.54, 1.807) is 6.08 Å². The molecule has 0 N–H and O–H groups in total. The molecule has 3 aromatic carbocycles. The van der Waals surface area contributed by atoms with Gasteiger partial charge >= 0.3 is 0 Å². The molecule has 0 atom stereocenters. The first-order valence-electron chi connectivity index (χ1n) is 11.2. The highest BCUT2D eigenvalue weighted by Gasteiger charge is 2.37. The predicted molar refractivity (Wildman–Crippen MR) is 130 cm³/mol. The number of rotatable bonds is 3. The standard InChI is InChI=1S/C29H27NO2/c1-22-7-9-23(10-8-22)11-14-28(31)30-19-17-29(18-20-30)16-15-26-21-25(12-13-27(26)32-29)24-5-3-2-4-6-24/h2-16,21H,17-20H2,1H3/b14-11+. The van der Waals surface area contributed by atoms with Crippen LogP contribution in [0.1, 0.15) is 29.5 Å². The number of piperidine rings is 1. The van der Waals surface area contributed by atoms with Crippen molar-refractivity contribution in [1.82, 2.24) is 4.90 Å². The molecule has 2 heterocycles. The topological polar surface area (TPSA) is 29.5 Å². The highest BCUT2D eigenvalue weighted by atomic mass is 16.5. The van der Waals surface area contributed by atoms with E-state index in [-0.39, 0.29) is 11.5 Å². The van der Waals surface area contributed by atoms with E-state index in [0.29, 0.717) is 13.1 Å². The molecule has 1 saturated heterocycles. The Labute approximate surface area is 189 Å². The summed E-state index contributed by atoms with van der Waals surface area (Å²) in [6.45, 7) is 3.45. The molecular weight excluding hydrogens is 394 g/mol. The Morgan fingerprint density at radius 3 is 2.44 bits per heavy atom. The number of fused-ring (bicyclic) bond motifs is 1. The molecule has 0 aromatic heterocycles. The number of carbonyl (C=O) groups excluding carboxylic acids is 1. The summed E-state index contributed by atoms with van der Waals surface area (Å²) in [4.78, 5) is 14.6. The molecule has 32 heavy (non-hydrogen) atoms. The quantitative estimate of drug-likeness (QED) is 0.475. The number of carbonyl (C=O) groups is 1. The molecule has 1 spiro atoms. The fourth-order valence-corrected chi connectivity index (χ4v) is 4.40. The third-order valence-corrected chi connectivity index (χ3v) is 6.41. The number of ether oxygens (including phenoxy) is 1. The zero-order chi connectivity index (χ0) is 22.0. The van der Waals surface area contributed by atoms with Gasteiger partial charge in [0.05, 0.1) is 0 Å². The molecule has 2 aliphatic heterocycles. The summed E-state index contributed by atoms with van der Waals surface area (Å²) >= 11 is 0. The number of nitrogens with zero attached hydrogens (tertiary/aromatic N) is 1. The van der Waals surface area contributed by atoms with E-state index < -0.39 is 0 Å². The zero-order valence-corrected chi connectivity index (χ0v) is 18.3. The van der Waals surface area contributed by atoms with Crippen LogP contribution in [0, 0.1) is 6.92 Å². The van der Waals surface area contributed by atoms with Crippen molar-refractivity contribution in [1.29, 1.82) is 0 Å². The Morgan fingerprint density at radius 1 is 0.938 bits per heavy atom. The molecule has 3 aromatic rings. The van der Waals surface area contributed by atoms with Crippen molar-refractivity contribution in [3.63, 3.8) is 0 Å². The summed E-state index contributed by atoms with van der Waals surface area (Å²) in [6, 6.07) is 24.9. The number of likely N-dealkylation sites (tertiary alicyclic amines) is 1. The average Bonchev–Trinajstić information content (AvgIpc) is 2.84. The van der Waals surface area contributed by atoms with Crippen LogP contribution < -0.4 is 4.74 Å². The van der Waals surface area contributed by atoms with Gasteiger partial charge in [-0.15, -0.1) is 0 Å². The second kappa shape index (κ2) is 8.51. The van der Waals surface area contributed by atoms with Gasteiger partial charge in [0, 0.05) is 37.6 Å². The monoisotopic (exact) mass is 421 g/mol. The van der Waals surface area contributed by atoms with Crippen molar-refractivity contribution in [3.8, 4) is 16.9 Å². The van der Waals surface area contributed by atoms with Crippen molar-refractivity contribution in [2.75, 3.05) is 13.1 Å². The van der Waals surface area contributed by atoms with E-state index in [1.165, 1.54) is 16.7 Å². The Morgan fingerprint density at radius 2 is 1.69 bits per heavy atom. The molecule has 0 unspecified atom stereocenters. The van der Waals surface area contributed by atoms with Gasteiger partial charge in [-0.3, -0.25) is 4.79 Å². The molecule has 3 nitrogen and oxygen atoms in total. The van der Waals surface area contributed by atoms with E-state index >= 15 is 0 Å². The summed E-state index contributed by atoms with van der Waals surface area (Å²) in [7, 11) is 0. The minimum atomic E-state index is -0.321. The highest BCUT2D eigenvalue weighted by Crippen LogP contribution is 2.38. The first kappa shape index (κ1) is 20.3. The highest BCUT2D eigenvalue weighted by molar-refractivity contribution is 5.91. The van der Waals surface area contributed by atoms with E-state index in [2.05, 4.69) is 73.7 Å². The zero-order valence-electron chi connectivity index (χ0n) is 18.3. The SMILES string of the molecule is Cc1ccc(/C=C/C(=O)N2CCC3(C=Cc4cc(-c5ccccc5)ccc4O3)CC2)cc1. The van der Waals surface area contributed by atoms with Gasteiger partial charge in [0.25, 0.3) is 0 Å². The number of aryl methyl sites for hydroxylation is 1. The van der Waals surface area contributed by atoms with Gasteiger partial charge in [0.15, 0.2) is 0 Å². The van der Waals surface area contributed by atoms with Crippen LogP contribution in [0.25, 0.3) is 23.3 Å². The third kappa shape index (κ3) is 4.24. The van der Waals surface area contributed by atoms with Crippen molar-refractivity contribution >= 4 is 18.1 Å². The van der Waals surface area contributed by atoms with Gasteiger partial charge < -0.3 is 9.64 Å². The van der Waals surface area contributed by atoms with Crippen LogP contribution in [0.2, 0.25) is 0 Å². The molecule has 5 rings (SSSR count). The molecule has 2 aliphatic rings. The fourth-order valence-electron chi connectivity index (χ4n) is 4.40. The van der Waals surface area contributed by atoms with Gasteiger partial charge in [-0.2, -0.15) is 0 Å². The van der Waals surface area contributed by atoms with Crippen LogP contribution in [-0.4, -0.2) is 29.5 Å². The minimum absolute atomic E-state index is 0.0631. The van der Waals surface area contributed by atoms with E-state index in [0.717, 1.165) is 29.7 Å². The molecular formula is C29H27NO2. The van der Waals surface area contributed by atoms with Crippen molar-refractivity contribution in [2.24, 2.45) is 0 Å². The number of amides is 1. The van der Waals surface area contributed by atoms with E-state index in [9.17, 15) is 4.79 Å². The molecule has 0 saturated carbocycles. The summed E-state index contributed by atoms with van der Waals surface area (Å²) in [5.41, 5.74) is 5.44. The van der Waals surface area contributed by atoms with E-state index in [1.807, 2.05) is 29.2 Å². The normalized spacial score (nSPS) is 16.7. The van der Waals surface area contributed by atoms with Crippen molar-refractivity contribution in [2.45, 2.75) is 25.4 Å². The van der Waals surface area contributed by atoms with Crippen LogP contribution in [-0.2, 0) is 4.79 Å². The molecule has 1 amide bonds. The number of hydrogen-bond donors (Lipinski definition) is 0. The second-order valence-electron chi connectivity index (χ2n) is 8.69.